The normalized spacial score (nSPS) is 12.5. The molecule has 0 bridgehead atoms. The quantitative estimate of drug-likeness (QED) is 0.738. The van der Waals surface area contributed by atoms with Gasteiger partial charge in [0, 0.05) is 13.6 Å². The molecule has 0 radical (unpaired) electrons. The third kappa shape index (κ3) is 2.86. The van der Waals surface area contributed by atoms with Crippen molar-refractivity contribution in [2.24, 2.45) is 0 Å². The third-order valence-corrected chi connectivity index (χ3v) is 3.93. The summed E-state index contributed by atoms with van der Waals surface area (Å²) < 4.78 is 15.4. The zero-order valence-electron chi connectivity index (χ0n) is 8.70. The van der Waals surface area contributed by atoms with Gasteiger partial charge in [0.2, 0.25) is 0 Å². The van der Waals surface area contributed by atoms with Crippen LogP contribution in [-0.4, -0.2) is 5.11 Å². The van der Waals surface area contributed by atoms with E-state index in [1.165, 1.54) is 6.07 Å². The molecule has 0 amide bonds. The Balaban J connectivity index is 2.47. The minimum Gasteiger partial charge on any atom is -0.384 e. The highest BCUT2D eigenvalue weighted by Crippen LogP contribution is 2.29. The highest BCUT2D eigenvalue weighted by molar-refractivity contribution is 14.1. The van der Waals surface area contributed by atoms with Crippen LogP contribution >= 0.6 is 38.5 Å². The van der Waals surface area contributed by atoms with Gasteiger partial charge in [-0.15, -0.1) is 0 Å². The first-order valence-corrected chi connectivity index (χ1v) is 6.84. The van der Waals surface area contributed by atoms with E-state index >= 15 is 0 Å². The van der Waals surface area contributed by atoms with Gasteiger partial charge in [-0.25, -0.2) is 4.39 Å². The Morgan fingerprint density at radius 2 is 1.82 bits per heavy atom. The summed E-state index contributed by atoms with van der Waals surface area (Å²) in [5.74, 6) is -0.393. The largest absolute Gasteiger partial charge is 0.384 e. The van der Waals surface area contributed by atoms with Gasteiger partial charge in [0.1, 0.15) is 11.9 Å². The van der Waals surface area contributed by atoms with Crippen LogP contribution in [0.15, 0.2) is 46.9 Å². The number of benzene rings is 2. The first-order chi connectivity index (χ1) is 8.09. The van der Waals surface area contributed by atoms with Crippen LogP contribution in [0.5, 0.6) is 0 Å². The van der Waals surface area contributed by atoms with Gasteiger partial charge in [-0.3, -0.25) is 0 Å². The molecule has 2 aromatic carbocycles. The predicted octanol–water partition coefficient (Wildman–Crippen LogP) is 4.27. The summed E-state index contributed by atoms with van der Waals surface area (Å²) in [7, 11) is 0. The molecule has 4 heteroatoms. The molecule has 0 aliphatic carbocycles. The van der Waals surface area contributed by atoms with E-state index in [9.17, 15) is 9.50 Å². The fourth-order valence-electron chi connectivity index (χ4n) is 1.59. The van der Waals surface area contributed by atoms with E-state index in [4.69, 9.17) is 0 Å². The van der Waals surface area contributed by atoms with Crippen molar-refractivity contribution < 1.29 is 9.50 Å². The molecule has 1 nitrogen and oxygen atoms in total. The van der Waals surface area contributed by atoms with Gasteiger partial charge in [0.25, 0.3) is 0 Å². The van der Waals surface area contributed by atoms with Crippen molar-refractivity contribution in [1.29, 1.82) is 0 Å². The van der Waals surface area contributed by atoms with Gasteiger partial charge in [-0.2, -0.15) is 0 Å². The lowest BCUT2D eigenvalue weighted by molar-refractivity contribution is 0.214. The van der Waals surface area contributed by atoms with Crippen molar-refractivity contribution in [2.45, 2.75) is 6.10 Å². The number of aliphatic hydroxyl groups excluding tert-OH is 1. The molecule has 0 aromatic heterocycles. The van der Waals surface area contributed by atoms with Crippen LogP contribution in [0, 0.1) is 9.39 Å². The zero-order valence-corrected chi connectivity index (χ0v) is 12.4. The summed E-state index contributed by atoms with van der Waals surface area (Å²) in [5.41, 5.74) is 0.994. The van der Waals surface area contributed by atoms with Crippen molar-refractivity contribution in [3.8, 4) is 0 Å². The fourth-order valence-corrected chi connectivity index (χ4v) is 2.60. The molecule has 0 aliphatic heterocycles. The molecule has 0 aliphatic rings. The smallest absolute Gasteiger partial charge is 0.129 e. The van der Waals surface area contributed by atoms with Crippen LogP contribution in [-0.2, 0) is 0 Å². The minimum atomic E-state index is -0.944. The van der Waals surface area contributed by atoms with Crippen LogP contribution in [0.1, 0.15) is 17.2 Å². The maximum absolute atomic E-state index is 13.6. The molecule has 1 atom stereocenters. The zero-order chi connectivity index (χ0) is 12.4. The maximum atomic E-state index is 13.6. The Morgan fingerprint density at radius 1 is 1.12 bits per heavy atom. The average Bonchev–Trinajstić information content (AvgIpc) is 2.32. The molecular weight excluding hydrogens is 398 g/mol. The molecule has 0 saturated heterocycles. The number of rotatable bonds is 2. The standard InChI is InChI=1S/C13H9BrFIO/c14-8-5-6-12(16)10(7-8)13(17)9-3-1-2-4-11(9)15/h1-7,13,17H. The summed E-state index contributed by atoms with van der Waals surface area (Å²) in [4.78, 5) is 0. The second-order valence-electron chi connectivity index (χ2n) is 3.59. The molecular formula is C13H9BrFIO. The van der Waals surface area contributed by atoms with Crippen LogP contribution < -0.4 is 0 Å². The van der Waals surface area contributed by atoms with Gasteiger partial charge in [0.15, 0.2) is 0 Å². The molecule has 2 rings (SSSR count). The SMILES string of the molecule is OC(c1ccccc1F)c1cc(Br)ccc1I. The van der Waals surface area contributed by atoms with Crippen LogP contribution in [0.4, 0.5) is 4.39 Å². The predicted molar refractivity (Wildman–Crippen MR) is 77.3 cm³/mol. The Morgan fingerprint density at radius 3 is 2.53 bits per heavy atom. The van der Waals surface area contributed by atoms with Gasteiger partial charge < -0.3 is 5.11 Å². The van der Waals surface area contributed by atoms with E-state index in [1.807, 2.05) is 12.1 Å². The highest BCUT2D eigenvalue weighted by atomic mass is 127. The lowest BCUT2D eigenvalue weighted by atomic mass is 10.0. The molecule has 1 N–H and O–H groups in total. The van der Waals surface area contributed by atoms with E-state index in [0.29, 0.717) is 11.1 Å². The molecule has 17 heavy (non-hydrogen) atoms. The van der Waals surface area contributed by atoms with Gasteiger partial charge >= 0.3 is 0 Å². The van der Waals surface area contributed by atoms with E-state index in [1.54, 1.807) is 24.3 Å². The van der Waals surface area contributed by atoms with Crippen LogP contribution in [0.2, 0.25) is 0 Å². The van der Waals surface area contributed by atoms with Gasteiger partial charge in [-0.05, 0) is 52.4 Å². The van der Waals surface area contributed by atoms with E-state index in [0.717, 1.165) is 8.04 Å². The molecule has 0 spiro atoms. The fraction of sp³-hybridized carbons (Fsp3) is 0.0769. The summed E-state index contributed by atoms with van der Waals surface area (Å²) in [6, 6.07) is 11.8. The van der Waals surface area contributed by atoms with Crippen molar-refractivity contribution in [2.75, 3.05) is 0 Å². The van der Waals surface area contributed by atoms with Crippen molar-refractivity contribution in [1.82, 2.24) is 0 Å². The Kier molecular flexibility index (Phi) is 4.17. The lowest BCUT2D eigenvalue weighted by Gasteiger charge is -2.14. The molecule has 0 fully saturated rings. The average molecular weight is 407 g/mol. The Hall–Kier alpha value is -0.460. The number of hydrogen-bond donors (Lipinski definition) is 1. The Bertz CT molecular complexity index is 545. The first-order valence-electron chi connectivity index (χ1n) is 4.97. The molecule has 1 unspecified atom stereocenters. The monoisotopic (exact) mass is 406 g/mol. The lowest BCUT2D eigenvalue weighted by Crippen LogP contribution is -2.04. The van der Waals surface area contributed by atoms with Crippen LogP contribution in [0.3, 0.4) is 0 Å². The summed E-state index contributed by atoms with van der Waals surface area (Å²) >= 11 is 5.47. The van der Waals surface area contributed by atoms with Gasteiger partial charge in [-0.1, -0.05) is 34.1 Å². The summed E-state index contributed by atoms with van der Waals surface area (Å²) in [6.07, 6.45) is -0.944. The van der Waals surface area contributed by atoms with E-state index < -0.39 is 11.9 Å². The summed E-state index contributed by atoms with van der Waals surface area (Å²) in [6.45, 7) is 0. The number of hydrogen-bond acceptors (Lipinski definition) is 1. The topological polar surface area (TPSA) is 20.2 Å². The first kappa shape index (κ1) is 13.0. The summed E-state index contributed by atoms with van der Waals surface area (Å²) in [5, 5.41) is 10.2. The number of halogens is 3. The van der Waals surface area contributed by atoms with Crippen molar-refractivity contribution in [3.05, 3.63) is 67.5 Å². The molecule has 2 aromatic rings. The molecule has 88 valence electrons. The Labute approximate surface area is 121 Å². The van der Waals surface area contributed by atoms with Crippen LogP contribution in [0.25, 0.3) is 0 Å². The third-order valence-electron chi connectivity index (χ3n) is 2.45. The molecule has 0 saturated carbocycles. The number of aliphatic hydroxyl groups is 1. The highest BCUT2D eigenvalue weighted by Gasteiger charge is 2.17. The van der Waals surface area contributed by atoms with E-state index in [-0.39, 0.29) is 0 Å². The molecule has 0 heterocycles. The second kappa shape index (κ2) is 5.46. The van der Waals surface area contributed by atoms with Gasteiger partial charge in [0.05, 0.1) is 0 Å². The minimum absolute atomic E-state index is 0.295. The van der Waals surface area contributed by atoms with Crippen molar-refractivity contribution in [3.63, 3.8) is 0 Å². The second-order valence-corrected chi connectivity index (χ2v) is 5.67. The van der Waals surface area contributed by atoms with E-state index in [2.05, 4.69) is 38.5 Å². The van der Waals surface area contributed by atoms with Crippen molar-refractivity contribution >= 4 is 38.5 Å². The maximum Gasteiger partial charge on any atom is 0.129 e.